The van der Waals surface area contributed by atoms with Crippen LogP contribution in [0.3, 0.4) is 0 Å². The van der Waals surface area contributed by atoms with E-state index in [9.17, 15) is 9.59 Å². The zero-order valence-corrected chi connectivity index (χ0v) is 15.0. The summed E-state index contributed by atoms with van der Waals surface area (Å²) in [6, 6.07) is 7.29. The van der Waals surface area contributed by atoms with Crippen LogP contribution in [-0.2, 0) is 4.79 Å². The molecule has 132 valence electrons. The van der Waals surface area contributed by atoms with Gasteiger partial charge in [-0.25, -0.2) is 4.98 Å². The van der Waals surface area contributed by atoms with Crippen molar-refractivity contribution in [2.45, 2.75) is 25.7 Å². The first kappa shape index (κ1) is 17.6. The Bertz CT molecular complexity index is 753. The van der Waals surface area contributed by atoms with Crippen LogP contribution >= 0.6 is 11.3 Å². The molecule has 1 aromatic heterocycles. The molecule has 25 heavy (non-hydrogen) atoms. The van der Waals surface area contributed by atoms with Gasteiger partial charge in [0.2, 0.25) is 5.91 Å². The van der Waals surface area contributed by atoms with Gasteiger partial charge < -0.3 is 16.0 Å². The largest absolute Gasteiger partial charge is 0.343 e. The van der Waals surface area contributed by atoms with Crippen LogP contribution in [0.2, 0.25) is 0 Å². The highest BCUT2D eigenvalue weighted by molar-refractivity contribution is 7.15. The molecule has 0 unspecified atom stereocenters. The van der Waals surface area contributed by atoms with Gasteiger partial charge >= 0.3 is 0 Å². The number of aromatic nitrogens is 1. The van der Waals surface area contributed by atoms with E-state index in [1.807, 2.05) is 25.3 Å². The van der Waals surface area contributed by atoms with Gasteiger partial charge in [0.1, 0.15) is 0 Å². The Balaban J connectivity index is 1.50. The molecule has 2 amide bonds. The van der Waals surface area contributed by atoms with E-state index in [-0.39, 0.29) is 18.4 Å². The van der Waals surface area contributed by atoms with E-state index in [0.29, 0.717) is 16.6 Å². The normalized spacial score (nSPS) is 14.9. The number of aryl methyl sites for hydroxylation is 1. The summed E-state index contributed by atoms with van der Waals surface area (Å²) >= 11 is 1.52. The van der Waals surface area contributed by atoms with Crippen LogP contribution < -0.4 is 16.0 Å². The number of nitrogens with zero attached hydrogens (tertiary/aromatic N) is 1. The lowest BCUT2D eigenvalue weighted by Gasteiger charge is -2.20. The number of rotatable bonds is 5. The Morgan fingerprint density at radius 2 is 2.04 bits per heavy atom. The molecule has 0 bridgehead atoms. The van der Waals surface area contributed by atoms with E-state index in [2.05, 4.69) is 20.9 Å². The molecule has 3 rings (SSSR count). The fourth-order valence-electron chi connectivity index (χ4n) is 2.89. The third-order valence-electron chi connectivity index (χ3n) is 4.31. The number of hydrogen-bond donors (Lipinski definition) is 3. The smallest absolute Gasteiger partial charge is 0.251 e. The summed E-state index contributed by atoms with van der Waals surface area (Å²) in [5.41, 5.74) is 1.46. The Morgan fingerprint density at radius 3 is 2.80 bits per heavy atom. The van der Waals surface area contributed by atoms with E-state index in [0.717, 1.165) is 31.5 Å². The first-order valence-corrected chi connectivity index (χ1v) is 9.25. The predicted molar refractivity (Wildman–Crippen MR) is 99.1 cm³/mol. The third-order valence-corrected chi connectivity index (χ3v) is 5.39. The van der Waals surface area contributed by atoms with Gasteiger partial charge in [0.05, 0.1) is 6.54 Å². The average Bonchev–Trinajstić information content (AvgIpc) is 3.09. The van der Waals surface area contributed by atoms with E-state index < -0.39 is 0 Å². The minimum Gasteiger partial charge on any atom is -0.343 e. The van der Waals surface area contributed by atoms with E-state index in [1.54, 1.807) is 12.1 Å². The van der Waals surface area contributed by atoms with Crippen molar-refractivity contribution in [1.29, 1.82) is 0 Å². The van der Waals surface area contributed by atoms with Gasteiger partial charge in [-0.05, 0) is 50.4 Å². The van der Waals surface area contributed by atoms with Crippen LogP contribution in [0.5, 0.6) is 0 Å². The van der Waals surface area contributed by atoms with Crippen molar-refractivity contribution in [3.63, 3.8) is 0 Å². The molecule has 0 radical (unpaired) electrons. The lowest BCUT2D eigenvalue weighted by atomic mass is 9.97. The molecule has 2 heterocycles. The minimum absolute atomic E-state index is 0.0740. The predicted octanol–water partition coefficient (Wildman–Crippen LogP) is 2.29. The van der Waals surface area contributed by atoms with Crippen molar-refractivity contribution in [2.75, 3.05) is 25.0 Å². The topological polar surface area (TPSA) is 83.1 Å². The van der Waals surface area contributed by atoms with Crippen molar-refractivity contribution in [2.24, 2.45) is 0 Å². The van der Waals surface area contributed by atoms with Gasteiger partial charge in [0.15, 0.2) is 5.13 Å². The van der Waals surface area contributed by atoms with E-state index >= 15 is 0 Å². The van der Waals surface area contributed by atoms with Crippen LogP contribution in [0.15, 0.2) is 30.5 Å². The molecule has 2 aromatic rings. The molecular formula is C18H22N4O2S. The molecule has 1 aliphatic heterocycles. The Labute approximate surface area is 151 Å². The van der Waals surface area contributed by atoms with Crippen LogP contribution in [0, 0.1) is 6.92 Å². The summed E-state index contributed by atoms with van der Waals surface area (Å²) in [7, 11) is 0. The van der Waals surface area contributed by atoms with Crippen molar-refractivity contribution in [3.8, 4) is 0 Å². The number of benzene rings is 1. The monoisotopic (exact) mass is 358 g/mol. The molecule has 1 saturated heterocycles. The molecule has 1 fully saturated rings. The van der Waals surface area contributed by atoms with Crippen molar-refractivity contribution >= 4 is 28.3 Å². The molecule has 0 aliphatic carbocycles. The zero-order valence-electron chi connectivity index (χ0n) is 14.2. The number of hydrogen-bond acceptors (Lipinski definition) is 5. The highest BCUT2D eigenvalue weighted by Gasteiger charge is 2.18. The van der Waals surface area contributed by atoms with Gasteiger partial charge in [-0.2, -0.15) is 0 Å². The molecule has 0 atom stereocenters. The van der Waals surface area contributed by atoms with E-state index in [4.69, 9.17) is 0 Å². The molecular weight excluding hydrogens is 336 g/mol. The molecule has 6 nitrogen and oxygen atoms in total. The number of carbonyl (C=O) groups excluding carboxylic acids is 2. The fourth-order valence-corrected chi connectivity index (χ4v) is 3.89. The van der Waals surface area contributed by atoms with Crippen molar-refractivity contribution in [1.82, 2.24) is 15.6 Å². The standard InChI is InChI=1S/C18H22N4O2S/c1-12-4-2-3-5-14(12)17(24)20-11-16(23)22-18-21-10-15(25-18)13-6-8-19-9-7-13/h2-5,10,13,19H,6-9,11H2,1H3,(H,20,24)(H,21,22,23). The molecule has 3 N–H and O–H groups in total. The summed E-state index contributed by atoms with van der Waals surface area (Å²) in [5.74, 6) is 0.00101. The van der Waals surface area contributed by atoms with Crippen molar-refractivity contribution < 1.29 is 9.59 Å². The maximum atomic E-state index is 12.1. The first-order valence-electron chi connectivity index (χ1n) is 8.43. The van der Waals surface area contributed by atoms with Crippen LogP contribution in [0.25, 0.3) is 0 Å². The highest BCUT2D eigenvalue weighted by atomic mass is 32.1. The highest BCUT2D eigenvalue weighted by Crippen LogP contribution is 2.31. The molecule has 7 heteroatoms. The van der Waals surface area contributed by atoms with E-state index in [1.165, 1.54) is 16.2 Å². The SMILES string of the molecule is Cc1ccccc1C(=O)NCC(=O)Nc1ncc(C2CCNCC2)s1. The molecule has 1 aromatic carbocycles. The van der Waals surface area contributed by atoms with Crippen molar-refractivity contribution in [3.05, 3.63) is 46.5 Å². The van der Waals surface area contributed by atoms with Gasteiger partial charge in [0.25, 0.3) is 5.91 Å². The second-order valence-electron chi connectivity index (χ2n) is 6.14. The second kappa shape index (κ2) is 8.22. The maximum Gasteiger partial charge on any atom is 0.251 e. The fraction of sp³-hybridized carbons (Fsp3) is 0.389. The number of anilines is 1. The number of carbonyl (C=O) groups is 2. The molecule has 0 spiro atoms. The number of amides is 2. The van der Waals surface area contributed by atoms with Gasteiger partial charge in [-0.3, -0.25) is 9.59 Å². The molecule has 1 aliphatic rings. The summed E-state index contributed by atoms with van der Waals surface area (Å²) in [6.45, 7) is 3.84. The minimum atomic E-state index is -0.270. The number of nitrogens with one attached hydrogen (secondary N) is 3. The lowest BCUT2D eigenvalue weighted by Crippen LogP contribution is -2.33. The van der Waals surface area contributed by atoms with Gasteiger partial charge in [0, 0.05) is 16.6 Å². The Kier molecular flexibility index (Phi) is 5.78. The van der Waals surface area contributed by atoms with Crippen LogP contribution in [-0.4, -0.2) is 36.4 Å². The quantitative estimate of drug-likeness (QED) is 0.766. The first-order chi connectivity index (χ1) is 12.1. The zero-order chi connectivity index (χ0) is 17.6. The summed E-state index contributed by atoms with van der Waals surface area (Å²) < 4.78 is 0. The summed E-state index contributed by atoms with van der Waals surface area (Å²) in [6.07, 6.45) is 4.05. The van der Waals surface area contributed by atoms with Crippen LogP contribution in [0.4, 0.5) is 5.13 Å². The number of piperidine rings is 1. The van der Waals surface area contributed by atoms with Gasteiger partial charge in [-0.1, -0.05) is 18.2 Å². The summed E-state index contributed by atoms with van der Waals surface area (Å²) in [4.78, 5) is 29.7. The second-order valence-corrected chi connectivity index (χ2v) is 7.20. The lowest BCUT2D eigenvalue weighted by molar-refractivity contribution is -0.115. The number of thiazole rings is 1. The summed E-state index contributed by atoms with van der Waals surface area (Å²) in [5, 5.41) is 9.34. The van der Waals surface area contributed by atoms with Crippen LogP contribution in [0.1, 0.15) is 39.6 Å². The third kappa shape index (κ3) is 4.64. The Hall–Kier alpha value is -2.25. The average molecular weight is 358 g/mol. The molecule has 0 saturated carbocycles. The van der Waals surface area contributed by atoms with Gasteiger partial charge in [-0.15, -0.1) is 11.3 Å². The maximum absolute atomic E-state index is 12.1. The Morgan fingerprint density at radius 1 is 1.28 bits per heavy atom.